The lowest BCUT2D eigenvalue weighted by Crippen LogP contribution is -2.19. The molecule has 0 unspecified atom stereocenters. The highest BCUT2D eigenvalue weighted by atomic mass is 16.5. The summed E-state index contributed by atoms with van der Waals surface area (Å²) in [5.74, 6) is 0.609. The van der Waals surface area contributed by atoms with Crippen LogP contribution in [0.3, 0.4) is 0 Å². The van der Waals surface area contributed by atoms with Crippen LogP contribution < -0.4 is 10.6 Å². The fourth-order valence-corrected chi connectivity index (χ4v) is 1.83. The maximum absolute atomic E-state index is 11.7. The molecule has 0 spiro atoms. The predicted molar refractivity (Wildman–Crippen MR) is 76.0 cm³/mol. The zero-order valence-electron chi connectivity index (χ0n) is 11.4. The summed E-state index contributed by atoms with van der Waals surface area (Å²) in [6.45, 7) is 4.69. The van der Waals surface area contributed by atoms with Gasteiger partial charge in [0, 0.05) is 12.2 Å². The fourth-order valence-electron chi connectivity index (χ4n) is 1.83. The molecule has 0 radical (unpaired) electrons. The van der Waals surface area contributed by atoms with Gasteiger partial charge in [0.15, 0.2) is 0 Å². The Morgan fingerprint density at radius 3 is 3.00 bits per heavy atom. The molecule has 1 saturated carbocycles. The highest BCUT2D eigenvalue weighted by Crippen LogP contribution is 2.28. The Kier molecular flexibility index (Phi) is 5.36. The third kappa shape index (κ3) is 5.41. The van der Waals surface area contributed by atoms with E-state index in [4.69, 9.17) is 4.74 Å². The van der Waals surface area contributed by atoms with Crippen molar-refractivity contribution in [1.29, 1.82) is 0 Å². The summed E-state index contributed by atoms with van der Waals surface area (Å²) in [7, 11) is 0. The summed E-state index contributed by atoms with van der Waals surface area (Å²) in [4.78, 5) is 11.7. The van der Waals surface area contributed by atoms with E-state index in [1.165, 1.54) is 18.4 Å². The second-order valence-corrected chi connectivity index (χ2v) is 4.99. The summed E-state index contributed by atoms with van der Waals surface area (Å²) in [5, 5.41) is 6.12. The van der Waals surface area contributed by atoms with Gasteiger partial charge in [0.05, 0.1) is 6.61 Å². The molecule has 0 bridgehead atoms. The molecule has 19 heavy (non-hydrogen) atoms. The van der Waals surface area contributed by atoms with E-state index in [2.05, 4.69) is 17.6 Å². The van der Waals surface area contributed by atoms with Crippen LogP contribution in [-0.4, -0.2) is 25.7 Å². The highest BCUT2D eigenvalue weighted by Gasteiger charge is 2.21. The smallest absolute Gasteiger partial charge is 0.250 e. The minimum atomic E-state index is -0.0822. The summed E-state index contributed by atoms with van der Waals surface area (Å²) >= 11 is 0. The molecule has 0 aliphatic heterocycles. The first kappa shape index (κ1) is 14.0. The van der Waals surface area contributed by atoms with Gasteiger partial charge >= 0.3 is 0 Å². The van der Waals surface area contributed by atoms with Crippen molar-refractivity contribution >= 4 is 11.6 Å². The van der Waals surface area contributed by atoms with Crippen LogP contribution in [0.1, 0.15) is 25.3 Å². The first-order valence-electron chi connectivity index (χ1n) is 6.95. The van der Waals surface area contributed by atoms with E-state index in [0.717, 1.165) is 18.8 Å². The van der Waals surface area contributed by atoms with Gasteiger partial charge in [-0.1, -0.05) is 19.1 Å². The van der Waals surface area contributed by atoms with Crippen molar-refractivity contribution in [2.45, 2.75) is 26.3 Å². The topological polar surface area (TPSA) is 50.4 Å². The molecule has 0 heterocycles. The number of carbonyl (C=O) groups excluding carboxylic acids is 1. The summed E-state index contributed by atoms with van der Waals surface area (Å²) in [5.41, 5.74) is 1.99. The molecule has 4 heteroatoms. The molecular formula is C15H22N2O2. The fraction of sp³-hybridized carbons (Fsp3) is 0.533. The van der Waals surface area contributed by atoms with Crippen molar-refractivity contribution in [2.75, 3.05) is 25.1 Å². The molecule has 4 nitrogen and oxygen atoms in total. The second-order valence-electron chi connectivity index (χ2n) is 4.99. The molecule has 0 atom stereocenters. The van der Waals surface area contributed by atoms with Crippen molar-refractivity contribution in [3.8, 4) is 0 Å². The molecule has 1 aromatic rings. The van der Waals surface area contributed by atoms with E-state index in [-0.39, 0.29) is 12.5 Å². The number of ether oxygens (including phenoxy) is 1. The Morgan fingerprint density at radius 2 is 2.26 bits per heavy atom. The zero-order chi connectivity index (χ0) is 13.5. The average molecular weight is 262 g/mol. The summed E-state index contributed by atoms with van der Waals surface area (Å²) < 4.78 is 5.36. The van der Waals surface area contributed by atoms with Gasteiger partial charge in [0.2, 0.25) is 5.91 Å². The lowest BCUT2D eigenvalue weighted by atomic mass is 10.2. The number of hydrogen-bond donors (Lipinski definition) is 2. The molecule has 0 saturated heterocycles. The molecule has 0 aromatic heterocycles. The molecule has 1 aliphatic carbocycles. The van der Waals surface area contributed by atoms with Gasteiger partial charge in [0.25, 0.3) is 0 Å². The van der Waals surface area contributed by atoms with Crippen molar-refractivity contribution in [3.63, 3.8) is 0 Å². The second kappa shape index (κ2) is 7.26. The number of carbonyl (C=O) groups is 1. The molecule has 1 fully saturated rings. The van der Waals surface area contributed by atoms with E-state index >= 15 is 0 Å². The molecule has 2 rings (SSSR count). The van der Waals surface area contributed by atoms with Crippen molar-refractivity contribution in [2.24, 2.45) is 5.92 Å². The molecule has 104 valence electrons. The lowest BCUT2D eigenvalue weighted by molar-refractivity contribution is -0.120. The Labute approximate surface area is 114 Å². The third-order valence-corrected chi connectivity index (χ3v) is 3.07. The minimum absolute atomic E-state index is 0.0822. The third-order valence-electron chi connectivity index (χ3n) is 3.07. The van der Waals surface area contributed by atoms with Crippen molar-refractivity contribution < 1.29 is 9.53 Å². The van der Waals surface area contributed by atoms with E-state index in [1.54, 1.807) is 0 Å². The minimum Gasteiger partial charge on any atom is -0.371 e. The molecule has 1 aliphatic rings. The van der Waals surface area contributed by atoms with Gasteiger partial charge in [-0.05, 0) is 43.0 Å². The van der Waals surface area contributed by atoms with Crippen LogP contribution in [0.4, 0.5) is 5.69 Å². The van der Waals surface area contributed by atoms with E-state index < -0.39 is 0 Å². The summed E-state index contributed by atoms with van der Waals surface area (Å²) in [6, 6.07) is 7.88. The van der Waals surface area contributed by atoms with Crippen LogP contribution in [0, 0.1) is 5.92 Å². The van der Waals surface area contributed by atoms with Crippen LogP contribution in [0.2, 0.25) is 0 Å². The van der Waals surface area contributed by atoms with Gasteiger partial charge < -0.3 is 15.4 Å². The predicted octanol–water partition coefficient (Wildman–Crippen LogP) is 2.16. The Bertz CT molecular complexity index is 416. The van der Waals surface area contributed by atoms with Crippen molar-refractivity contribution in [1.82, 2.24) is 5.32 Å². The van der Waals surface area contributed by atoms with Crippen LogP contribution in [-0.2, 0) is 16.1 Å². The number of hydrogen-bond acceptors (Lipinski definition) is 3. The SMILES string of the molecule is CCNCc1cccc(NC(=O)COCC2CC2)c1. The van der Waals surface area contributed by atoms with Gasteiger partial charge in [-0.2, -0.15) is 0 Å². The maximum Gasteiger partial charge on any atom is 0.250 e. The van der Waals surface area contributed by atoms with Gasteiger partial charge in [-0.3, -0.25) is 4.79 Å². The van der Waals surface area contributed by atoms with Crippen molar-refractivity contribution in [3.05, 3.63) is 29.8 Å². The van der Waals surface area contributed by atoms with E-state index in [0.29, 0.717) is 12.5 Å². The van der Waals surface area contributed by atoms with Crippen LogP contribution in [0.15, 0.2) is 24.3 Å². The first-order chi connectivity index (χ1) is 9.28. The highest BCUT2D eigenvalue weighted by molar-refractivity contribution is 5.91. The molecule has 2 N–H and O–H groups in total. The number of anilines is 1. The number of amides is 1. The standard InChI is InChI=1S/C15H22N2O2/c1-2-16-9-13-4-3-5-14(8-13)17-15(18)11-19-10-12-6-7-12/h3-5,8,12,16H,2,6-7,9-11H2,1H3,(H,17,18). The van der Waals surface area contributed by atoms with Gasteiger partial charge in [0.1, 0.15) is 6.61 Å². The Balaban J connectivity index is 1.74. The van der Waals surface area contributed by atoms with Crippen LogP contribution >= 0.6 is 0 Å². The van der Waals surface area contributed by atoms with Gasteiger partial charge in [-0.25, -0.2) is 0 Å². The lowest BCUT2D eigenvalue weighted by Gasteiger charge is -2.08. The van der Waals surface area contributed by atoms with E-state index in [9.17, 15) is 4.79 Å². The summed E-state index contributed by atoms with van der Waals surface area (Å²) in [6.07, 6.45) is 2.49. The molecular weight excluding hydrogens is 240 g/mol. The Hall–Kier alpha value is -1.39. The maximum atomic E-state index is 11.7. The quantitative estimate of drug-likeness (QED) is 0.755. The number of benzene rings is 1. The number of rotatable bonds is 8. The monoisotopic (exact) mass is 262 g/mol. The molecule has 1 aromatic carbocycles. The van der Waals surface area contributed by atoms with Crippen LogP contribution in [0.5, 0.6) is 0 Å². The Morgan fingerprint density at radius 1 is 1.42 bits per heavy atom. The average Bonchev–Trinajstić information content (AvgIpc) is 3.21. The largest absolute Gasteiger partial charge is 0.371 e. The van der Waals surface area contributed by atoms with Gasteiger partial charge in [-0.15, -0.1) is 0 Å². The normalized spacial score (nSPS) is 14.4. The first-order valence-corrected chi connectivity index (χ1v) is 6.95. The molecule has 1 amide bonds. The number of nitrogens with one attached hydrogen (secondary N) is 2. The van der Waals surface area contributed by atoms with E-state index in [1.807, 2.05) is 24.3 Å². The zero-order valence-corrected chi connectivity index (χ0v) is 11.4. The van der Waals surface area contributed by atoms with Crippen LogP contribution in [0.25, 0.3) is 0 Å².